The number of hydrogen-bond acceptors (Lipinski definition) is 5. The lowest BCUT2D eigenvalue weighted by molar-refractivity contribution is 0.162. The van der Waals surface area contributed by atoms with Gasteiger partial charge in [0.1, 0.15) is 0 Å². The molecule has 1 aliphatic heterocycles. The number of nitrogens with two attached hydrogens (primary N) is 1. The normalized spacial score (nSPS) is 14.9. The van der Waals surface area contributed by atoms with Gasteiger partial charge in [0.15, 0.2) is 0 Å². The number of H-pyrrole nitrogens is 1. The number of nitrogens with zero attached hydrogens (tertiary/aromatic N) is 4. The number of aromatic amines is 1. The van der Waals surface area contributed by atoms with E-state index < -0.39 is 0 Å². The van der Waals surface area contributed by atoms with Crippen LogP contribution in [0.2, 0.25) is 0 Å². The van der Waals surface area contributed by atoms with E-state index in [1.165, 1.54) is 21.9 Å². The first-order valence-electron chi connectivity index (χ1n) is 11.5. The van der Waals surface area contributed by atoms with Crippen LogP contribution >= 0.6 is 15.9 Å². The third-order valence-electron chi connectivity index (χ3n) is 6.63. The summed E-state index contributed by atoms with van der Waals surface area (Å²) in [5, 5.41) is 9.60. The molecular weight excluding hydrogens is 476 g/mol. The van der Waals surface area contributed by atoms with E-state index in [1.54, 1.807) is 0 Å². The molecule has 3 aromatic carbocycles. The SMILES string of the molecule is Nc1n[nH]c(N2CCC(N(CCc3ccc(Br)cc3)Cc3cccc4ccccc34)CC2)n1. The van der Waals surface area contributed by atoms with Crippen molar-refractivity contribution in [3.05, 3.63) is 82.3 Å². The maximum Gasteiger partial charge on any atom is 0.241 e. The number of nitrogens with one attached hydrogen (secondary N) is 1. The predicted octanol–water partition coefficient (Wildman–Crippen LogP) is 5.02. The van der Waals surface area contributed by atoms with Crippen LogP contribution in [0.3, 0.4) is 0 Å². The van der Waals surface area contributed by atoms with E-state index in [0.717, 1.165) is 55.9 Å². The van der Waals surface area contributed by atoms with Crippen molar-refractivity contribution in [3.8, 4) is 0 Å². The Bertz CT molecular complexity index is 1190. The van der Waals surface area contributed by atoms with E-state index >= 15 is 0 Å². The van der Waals surface area contributed by atoms with Crippen molar-refractivity contribution < 1.29 is 0 Å². The van der Waals surface area contributed by atoms with Crippen LogP contribution in [0, 0.1) is 0 Å². The molecule has 5 rings (SSSR count). The molecule has 0 spiro atoms. The average molecular weight is 505 g/mol. The summed E-state index contributed by atoms with van der Waals surface area (Å²) in [6.07, 6.45) is 3.22. The molecule has 3 N–H and O–H groups in total. The molecule has 0 amide bonds. The lowest BCUT2D eigenvalue weighted by atomic mass is 9.99. The molecule has 170 valence electrons. The van der Waals surface area contributed by atoms with Crippen LogP contribution in [0.5, 0.6) is 0 Å². The van der Waals surface area contributed by atoms with E-state index in [1.807, 2.05) is 0 Å². The fourth-order valence-corrected chi connectivity index (χ4v) is 5.08. The number of anilines is 2. The largest absolute Gasteiger partial charge is 0.366 e. The molecule has 1 aromatic heterocycles. The van der Waals surface area contributed by atoms with Gasteiger partial charge in [-0.1, -0.05) is 70.5 Å². The number of rotatable bonds is 7. The Kier molecular flexibility index (Phi) is 6.60. The monoisotopic (exact) mass is 504 g/mol. The van der Waals surface area contributed by atoms with Crippen LogP contribution in [0.4, 0.5) is 11.9 Å². The molecule has 0 unspecified atom stereocenters. The van der Waals surface area contributed by atoms with E-state index in [2.05, 4.69) is 108 Å². The number of nitrogen functional groups attached to an aromatic ring is 1. The van der Waals surface area contributed by atoms with Gasteiger partial charge in [0.25, 0.3) is 0 Å². The second kappa shape index (κ2) is 9.93. The zero-order valence-electron chi connectivity index (χ0n) is 18.6. The summed E-state index contributed by atoms with van der Waals surface area (Å²) in [5.74, 6) is 1.08. The molecule has 0 bridgehead atoms. The zero-order valence-corrected chi connectivity index (χ0v) is 20.2. The quantitative estimate of drug-likeness (QED) is 0.369. The third-order valence-corrected chi connectivity index (χ3v) is 7.15. The number of piperidine rings is 1. The Hall–Kier alpha value is -2.90. The highest BCUT2D eigenvalue weighted by atomic mass is 79.9. The Morgan fingerprint density at radius 1 is 1.00 bits per heavy atom. The van der Waals surface area contributed by atoms with E-state index in [0.29, 0.717) is 12.0 Å². The summed E-state index contributed by atoms with van der Waals surface area (Å²) in [6, 6.07) is 24.6. The summed E-state index contributed by atoms with van der Waals surface area (Å²) < 4.78 is 1.12. The molecule has 4 aromatic rings. The molecule has 1 saturated heterocycles. The Balaban J connectivity index is 1.33. The second-order valence-corrected chi connectivity index (χ2v) is 9.64. The lowest BCUT2D eigenvalue weighted by Gasteiger charge is -2.38. The van der Waals surface area contributed by atoms with Gasteiger partial charge in [-0.05, 0) is 53.3 Å². The third kappa shape index (κ3) is 5.20. The molecule has 0 saturated carbocycles. The van der Waals surface area contributed by atoms with Crippen molar-refractivity contribution in [1.29, 1.82) is 0 Å². The number of halogens is 1. The first-order chi connectivity index (χ1) is 16.2. The summed E-state index contributed by atoms with van der Waals surface area (Å²) in [7, 11) is 0. The first-order valence-corrected chi connectivity index (χ1v) is 12.3. The Morgan fingerprint density at radius 3 is 2.52 bits per heavy atom. The molecule has 0 aliphatic carbocycles. The van der Waals surface area contributed by atoms with Crippen molar-refractivity contribution >= 4 is 38.6 Å². The van der Waals surface area contributed by atoms with Gasteiger partial charge in [0, 0.05) is 36.7 Å². The van der Waals surface area contributed by atoms with Gasteiger partial charge in [-0.2, -0.15) is 4.98 Å². The topological polar surface area (TPSA) is 74.1 Å². The zero-order chi connectivity index (χ0) is 22.6. The fraction of sp³-hybridized carbons (Fsp3) is 0.308. The van der Waals surface area contributed by atoms with Gasteiger partial charge in [-0.25, -0.2) is 5.10 Å². The van der Waals surface area contributed by atoms with Gasteiger partial charge in [-0.3, -0.25) is 4.90 Å². The van der Waals surface area contributed by atoms with E-state index in [9.17, 15) is 0 Å². The van der Waals surface area contributed by atoms with Crippen LogP contribution in [0.15, 0.2) is 71.2 Å². The fourth-order valence-electron chi connectivity index (χ4n) is 4.81. The molecular formula is C26H29BrN6. The summed E-state index contributed by atoms with van der Waals surface area (Å²) >= 11 is 3.55. The average Bonchev–Trinajstić information content (AvgIpc) is 3.29. The van der Waals surface area contributed by atoms with Crippen LogP contribution < -0.4 is 10.6 Å². The van der Waals surface area contributed by atoms with E-state index in [4.69, 9.17) is 5.73 Å². The molecule has 2 heterocycles. The molecule has 1 aliphatic rings. The van der Waals surface area contributed by atoms with Crippen LogP contribution in [-0.2, 0) is 13.0 Å². The van der Waals surface area contributed by atoms with Gasteiger partial charge in [-0.15, -0.1) is 5.10 Å². The molecule has 0 atom stereocenters. The highest BCUT2D eigenvalue weighted by molar-refractivity contribution is 9.10. The van der Waals surface area contributed by atoms with Crippen LogP contribution in [0.1, 0.15) is 24.0 Å². The minimum atomic E-state index is 0.305. The van der Waals surface area contributed by atoms with E-state index in [-0.39, 0.29) is 0 Å². The summed E-state index contributed by atoms with van der Waals surface area (Å²) in [5.41, 5.74) is 8.47. The predicted molar refractivity (Wildman–Crippen MR) is 138 cm³/mol. The standard InChI is InChI=1S/C26H29BrN6/c27-22-10-8-19(9-11-22)12-15-33(18-21-6-3-5-20-4-1-2-7-24(20)21)23-13-16-32(17-14-23)26-29-25(28)30-31-26/h1-11,23H,12-18H2,(H3,28,29,30,31). The number of fused-ring (bicyclic) bond motifs is 1. The summed E-state index contributed by atoms with van der Waals surface area (Å²) in [4.78, 5) is 9.24. The minimum Gasteiger partial charge on any atom is -0.366 e. The maximum atomic E-state index is 5.70. The molecule has 33 heavy (non-hydrogen) atoms. The highest BCUT2D eigenvalue weighted by Crippen LogP contribution is 2.25. The summed E-state index contributed by atoms with van der Waals surface area (Å²) in [6.45, 7) is 3.88. The second-order valence-electron chi connectivity index (χ2n) is 8.72. The highest BCUT2D eigenvalue weighted by Gasteiger charge is 2.26. The molecule has 6 nitrogen and oxygen atoms in total. The van der Waals surface area contributed by atoms with Gasteiger partial charge in [0.2, 0.25) is 11.9 Å². The number of benzene rings is 3. The van der Waals surface area contributed by atoms with Gasteiger partial charge >= 0.3 is 0 Å². The van der Waals surface area contributed by atoms with Crippen molar-refractivity contribution in [2.75, 3.05) is 30.3 Å². The van der Waals surface area contributed by atoms with Gasteiger partial charge < -0.3 is 10.6 Å². The van der Waals surface area contributed by atoms with Gasteiger partial charge in [0.05, 0.1) is 0 Å². The van der Waals surface area contributed by atoms with Crippen molar-refractivity contribution in [1.82, 2.24) is 20.1 Å². The number of aromatic nitrogens is 3. The van der Waals surface area contributed by atoms with Crippen LogP contribution in [0.25, 0.3) is 10.8 Å². The number of hydrogen-bond donors (Lipinski definition) is 2. The molecule has 1 fully saturated rings. The molecule has 0 radical (unpaired) electrons. The smallest absolute Gasteiger partial charge is 0.241 e. The Morgan fingerprint density at radius 2 is 1.76 bits per heavy atom. The lowest BCUT2D eigenvalue weighted by Crippen LogP contribution is -2.45. The van der Waals surface area contributed by atoms with Crippen molar-refractivity contribution in [2.24, 2.45) is 0 Å². The molecule has 7 heteroatoms. The van der Waals surface area contributed by atoms with Crippen LogP contribution in [-0.4, -0.2) is 45.8 Å². The van der Waals surface area contributed by atoms with Crippen molar-refractivity contribution in [3.63, 3.8) is 0 Å². The Labute approximate surface area is 202 Å². The first kappa shape index (κ1) is 21.9. The minimum absolute atomic E-state index is 0.305. The van der Waals surface area contributed by atoms with Crippen molar-refractivity contribution in [2.45, 2.75) is 31.8 Å². The maximum absolute atomic E-state index is 5.70.